The Balaban J connectivity index is 1.90. The van der Waals surface area contributed by atoms with Gasteiger partial charge in [-0.3, -0.25) is 9.59 Å². The summed E-state index contributed by atoms with van der Waals surface area (Å²) in [4.78, 5) is 39.4. The van der Waals surface area contributed by atoms with Gasteiger partial charge in [-0.25, -0.2) is 4.79 Å². The Morgan fingerprint density at radius 1 is 0.560 bits per heavy atom. The van der Waals surface area contributed by atoms with E-state index in [1.165, 1.54) is 7.11 Å². The summed E-state index contributed by atoms with van der Waals surface area (Å²) in [6.07, 6.45) is 5.68. The number of hydrogen-bond donors (Lipinski definition) is 3. The summed E-state index contributed by atoms with van der Waals surface area (Å²) in [6.45, 7) is 14.0. The van der Waals surface area contributed by atoms with Crippen molar-refractivity contribution >= 4 is 34.8 Å². The van der Waals surface area contributed by atoms with Crippen molar-refractivity contribution in [3.8, 4) is 17.2 Å². The van der Waals surface area contributed by atoms with Crippen molar-refractivity contribution in [2.75, 3.05) is 43.3 Å². The van der Waals surface area contributed by atoms with Crippen molar-refractivity contribution in [3.05, 3.63) is 71.3 Å². The van der Waals surface area contributed by atoms with E-state index < -0.39 is 11.9 Å². The third-order valence-corrected chi connectivity index (χ3v) is 9.31. The molecule has 0 spiro atoms. The fourth-order valence-corrected chi connectivity index (χ4v) is 5.26. The number of carbonyl (C=O) groups is 3. The molecular weight excluding hydrogens is 634 g/mol. The van der Waals surface area contributed by atoms with Crippen molar-refractivity contribution < 1.29 is 33.3 Å². The van der Waals surface area contributed by atoms with Crippen LogP contribution in [0.15, 0.2) is 54.6 Å². The summed E-state index contributed by atoms with van der Waals surface area (Å²) < 4.78 is 23.2. The highest BCUT2D eigenvalue weighted by Gasteiger charge is 2.19. The lowest BCUT2D eigenvalue weighted by molar-refractivity contribution is 0.0600. The van der Waals surface area contributed by atoms with E-state index in [0.29, 0.717) is 88.6 Å². The summed E-state index contributed by atoms with van der Waals surface area (Å²) in [7, 11) is 1.31. The molecule has 0 fully saturated rings. The molecule has 0 saturated carbocycles. The zero-order chi connectivity index (χ0) is 36.6. The summed E-state index contributed by atoms with van der Waals surface area (Å²) in [6, 6.07) is 14.6. The Hall–Kier alpha value is -4.73. The van der Waals surface area contributed by atoms with Crippen LogP contribution in [-0.4, -0.2) is 44.7 Å². The number of carbonyl (C=O) groups excluding carboxylic acids is 3. The first-order valence-corrected chi connectivity index (χ1v) is 17.9. The van der Waals surface area contributed by atoms with E-state index in [4.69, 9.17) is 24.7 Å². The molecule has 3 rings (SSSR count). The third kappa shape index (κ3) is 11.1. The number of benzene rings is 3. The summed E-state index contributed by atoms with van der Waals surface area (Å²) in [5, 5.41) is 5.88. The number of ether oxygens (including phenoxy) is 4. The lowest BCUT2D eigenvalue weighted by Gasteiger charge is -2.19. The second-order valence-electron chi connectivity index (χ2n) is 12.6. The Kier molecular flexibility index (Phi) is 15.9. The molecule has 3 aromatic carbocycles. The maximum absolute atomic E-state index is 13.6. The van der Waals surface area contributed by atoms with Gasteiger partial charge in [-0.1, -0.05) is 80.1 Å². The van der Waals surface area contributed by atoms with Gasteiger partial charge in [-0.05, 0) is 72.4 Å². The highest BCUT2D eigenvalue weighted by molar-refractivity contribution is 6.08. The lowest BCUT2D eigenvalue weighted by atomic mass is 10.1. The van der Waals surface area contributed by atoms with E-state index >= 15 is 0 Å². The SMILES string of the molecule is CCC(CC)COc1cc(C(=O)Nc2ccc(C(=O)Nc3ccc(C(=O)OC)cc3OCC(CC)CC)cc2OCC(CC)CC)ccc1N. The smallest absolute Gasteiger partial charge is 0.337 e. The standard InChI is InChI=1S/C40H55N3O7/c1-8-26(9-2)23-48-35-20-29(14-17-32(35)41)38(44)42-33-18-15-30(21-36(33)49-24-27(10-3)11-4)39(45)43-34-19-16-31(40(46)47-7)22-37(34)50-25-28(12-5)13-6/h14-22,26-28H,8-13,23-25,41H2,1-7H3,(H,42,44)(H,43,45). The average Bonchev–Trinajstić information content (AvgIpc) is 3.14. The van der Waals surface area contributed by atoms with E-state index in [1.54, 1.807) is 54.6 Å². The number of methoxy groups -OCH3 is 1. The van der Waals surface area contributed by atoms with Crippen LogP contribution in [0.25, 0.3) is 0 Å². The van der Waals surface area contributed by atoms with Crippen molar-refractivity contribution in [2.45, 2.75) is 80.1 Å². The predicted octanol–water partition coefficient (Wildman–Crippen LogP) is 9.01. The summed E-state index contributed by atoms with van der Waals surface area (Å²) >= 11 is 0. The number of nitrogen functional groups attached to an aromatic ring is 1. The molecule has 0 heterocycles. The second kappa shape index (κ2) is 20.1. The minimum absolute atomic E-state index is 0.297. The van der Waals surface area contributed by atoms with Crippen LogP contribution in [0, 0.1) is 17.8 Å². The van der Waals surface area contributed by atoms with Gasteiger partial charge in [0.2, 0.25) is 0 Å². The molecule has 272 valence electrons. The van der Waals surface area contributed by atoms with E-state index in [-0.39, 0.29) is 5.91 Å². The molecule has 0 bridgehead atoms. The molecule has 0 atom stereocenters. The van der Waals surface area contributed by atoms with Crippen LogP contribution >= 0.6 is 0 Å². The van der Waals surface area contributed by atoms with Gasteiger partial charge < -0.3 is 35.3 Å². The van der Waals surface area contributed by atoms with Gasteiger partial charge in [-0.2, -0.15) is 0 Å². The van der Waals surface area contributed by atoms with Gasteiger partial charge in [0.15, 0.2) is 0 Å². The summed E-state index contributed by atoms with van der Waals surface area (Å²) in [5.41, 5.74) is 8.47. The highest BCUT2D eigenvalue weighted by atomic mass is 16.5. The average molecular weight is 690 g/mol. The first-order valence-electron chi connectivity index (χ1n) is 17.9. The largest absolute Gasteiger partial charge is 0.491 e. The number of amides is 2. The Morgan fingerprint density at radius 3 is 1.34 bits per heavy atom. The maximum atomic E-state index is 13.6. The molecule has 10 heteroatoms. The number of nitrogens with one attached hydrogen (secondary N) is 2. The van der Waals surface area contributed by atoms with Crippen molar-refractivity contribution in [1.82, 2.24) is 0 Å². The zero-order valence-corrected chi connectivity index (χ0v) is 30.7. The molecule has 0 radical (unpaired) electrons. The number of rotatable bonds is 20. The fourth-order valence-electron chi connectivity index (χ4n) is 5.26. The molecule has 0 aliphatic rings. The normalized spacial score (nSPS) is 11.1. The van der Waals surface area contributed by atoms with Crippen LogP contribution in [0.1, 0.15) is 111 Å². The lowest BCUT2D eigenvalue weighted by Crippen LogP contribution is -2.18. The van der Waals surface area contributed by atoms with Crippen LogP contribution in [0.2, 0.25) is 0 Å². The zero-order valence-electron chi connectivity index (χ0n) is 30.7. The number of hydrogen-bond acceptors (Lipinski definition) is 8. The topological polar surface area (TPSA) is 138 Å². The molecule has 50 heavy (non-hydrogen) atoms. The van der Waals surface area contributed by atoms with Crippen molar-refractivity contribution in [2.24, 2.45) is 17.8 Å². The molecule has 4 N–H and O–H groups in total. The molecule has 2 amide bonds. The van der Waals surface area contributed by atoms with Gasteiger partial charge in [0, 0.05) is 11.1 Å². The molecular formula is C40H55N3O7. The number of nitrogens with two attached hydrogens (primary N) is 1. The minimum Gasteiger partial charge on any atom is -0.491 e. The van der Waals surface area contributed by atoms with Crippen molar-refractivity contribution in [1.29, 1.82) is 0 Å². The van der Waals surface area contributed by atoms with Crippen LogP contribution in [0.3, 0.4) is 0 Å². The van der Waals surface area contributed by atoms with E-state index in [1.807, 2.05) is 0 Å². The minimum atomic E-state index is -0.503. The van der Waals surface area contributed by atoms with Crippen LogP contribution in [0.4, 0.5) is 17.1 Å². The number of esters is 1. The highest BCUT2D eigenvalue weighted by Crippen LogP contribution is 2.32. The van der Waals surface area contributed by atoms with E-state index in [9.17, 15) is 14.4 Å². The predicted molar refractivity (Wildman–Crippen MR) is 200 cm³/mol. The van der Waals surface area contributed by atoms with Gasteiger partial charge in [0.05, 0.1) is 49.6 Å². The molecule has 0 aliphatic carbocycles. The van der Waals surface area contributed by atoms with Crippen molar-refractivity contribution in [3.63, 3.8) is 0 Å². The van der Waals surface area contributed by atoms with Gasteiger partial charge in [0.25, 0.3) is 11.8 Å². The Labute approximate surface area is 297 Å². The number of anilines is 3. The molecule has 0 saturated heterocycles. The first kappa shape index (κ1) is 39.7. The Bertz CT molecular complexity index is 1560. The third-order valence-electron chi connectivity index (χ3n) is 9.31. The molecule has 0 aliphatic heterocycles. The second-order valence-corrected chi connectivity index (χ2v) is 12.6. The first-order chi connectivity index (χ1) is 24.1. The van der Waals surface area contributed by atoms with Gasteiger partial charge in [0.1, 0.15) is 17.2 Å². The van der Waals surface area contributed by atoms with E-state index in [0.717, 1.165) is 38.5 Å². The van der Waals surface area contributed by atoms with Crippen LogP contribution in [-0.2, 0) is 4.74 Å². The van der Waals surface area contributed by atoms with Gasteiger partial charge >= 0.3 is 5.97 Å². The van der Waals surface area contributed by atoms with E-state index in [2.05, 4.69) is 52.2 Å². The molecule has 0 unspecified atom stereocenters. The maximum Gasteiger partial charge on any atom is 0.337 e. The summed E-state index contributed by atoms with van der Waals surface area (Å²) in [5.74, 6) is 0.925. The van der Waals surface area contributed by atoms with Crippen LogP contribution < -0.4 is 30.6 Å². The quantitative estimate of drug-likeness (QED) is 0.0789. The van der Waals surface area contributed by atoms with Gasteiger partial charge in [-0.15, -0.1) is 0 Å². The molecule has 10 nitrogen and oxygen atoms in total. The molecule has 3 aromatic rings. The Morgan fingerprint density at radius 2 is 0.920 bits per heavy atom. The van der Waals surface area contributed by atoms with Crippen LogP contribution in [0.5, 0.6) is 17.2 Å². The fraction of sp³-hybridized carbons (Fsp3) is 0.475. The monoisotopic (exact) mass is 689 g/mol. The molecule has 0 aromatic heterocycles.